The molecular weight excluding hydrogens is 260 g/mol. The first-order valence-electron chi connectivity index (χ1n) is 6.77. The van der Waals surface area contributed by atoms with Crippen LogP contribution in [0.3, 0.4) is 0 Å². The maximum absolute atomic E-state index is 11.8. The van der Waals surface area contributed by atoms with Gasteiger partial charge in [0.1, 0.15) is 11.4 Å². The lowest BCUT2D eigenvalue weighted by molar-refractivity contribution is 0.0580. The number of aromatic nitrogens is 1. The smallest absolute Gasteiger partial charge is 0.354 e. The second kappa shape index (κ2) is 7.00. The second-order valence-electron chi connectivity index (χ2n) is 4.75. The number of ether oxygens (including phenoxy) is 1. The highest BCUT2D eigenvalue weighted by Gasteiger charge is 2.15. The molecule has 108 valence electrons. The molecule has 0 bridgehead atoms. The van der Waals surface area contributed by atoms with Gasteiger partial charge < -0.3 is 15.2 Å². The van der Waals surface area contributed by atoms with Gasteiger partial charge >= 0.3 is 5.97 Å². The summed E-state index contributed by atoms with van der Waals surface area (Å²) in [5, 5.41) is 11.5. The van der Waals surface area contributed by atoms with E-state index in [4.69, 9.17) is 9.84 Å². The lowest BCUT2D eigenvalue weighted by Gasteiger charge is -2.11. The number of rotatable bonds is 6. The summed E-state index contributed by atoms with van der Waals surface area (Å²) in [6.45, 7) is 0.864. The maximum Gasteiger partial charge on any atom is 0.354 e. The van der Waals surface area contributed by atoms with Crippen LogP contribution in [0.25, 0.3) is 0 Å². The third kappa shape index (κ3) is 4.03. The Balaban J connectivity index is 1.76. The van der Waals surface area contributed by atoms with E-state index in [2.05, 4.69) is 10.3 Å². The first-order chi connectivity index (χ1) is 9.66. The van der Waals surface area contributed by atoms with E-state index in [0.717, 1.165) is 12.8 Å². The average Bonchev–Trinajstić information content (AvgIpc) is 2.96. The average molecular weight is 278 g/mol. The van der Waals surface area contributed by atoms with E-state index in [1.54, 1.807) is 0 Å². The zero-order valence-electron chi connectivity index (χ0n) is 11.2. The summed E-state index contributed by atoms with van der Waals surface area (Å²) in [4.78, 5) is 26.3. The number of carboxylic acids is 1. The summed E-state index contributed by atoms with van der Waals surface area (Å²) in [7, 11) is 0. The number of pyridine rings is 1. The molecule has 0 atom stereocenters. The Labute approximate surface area is 117 Å². The van der Waals surface area contributed by atoms with E-state index in [1.165, 1.54) is 31.0 Å². The van der Waals surface area contributed by atoms with Crippen LogP contribution >= 0.6 is 0 Å². The molecule has 1 aliphatic carbocycles. The summed E-state index contributed by atoms with van der Waals surface area (Å²) < 4.78 is 5.62. The number of carboxylic acid groups (broad SMARTS) is 1. The Bertz CT molecular complexity index is 484. The van der Waals surface area contributed by atoms with Gasteiger partial charge in [0.2, 0.25) is 0 Å². The van der Waals surface area contributed by atoms with E-state index < -0.39 is 5.97 Å². The standard InChI is InChI=1S/C14H18N2O4/c17-13(11-6-3-7-12(16-11)14(18)19)15-8-9-20-10-4-1-2-5-10/h3,6-7,10H,1-2,4-5,8-9H2,(H,15,17)(H,18,19). The molecule has 1 saturated carbocycles. The van der Waals surface area contributed by atoms with Crippen LogP contribution in [-0.4, -0.2) is 41.2 Å². The Morgan fingerprint density at radius 1 is 1.30 bits per heavy atom. The number of carbonyl (C=O) groups excluding carboxylic acids is 1. The molecule has 1 aromatic heterocycles. The van der Waals surface area contributed by atoms with Crippen molar-refractivity contribution in [2.24, 2.45) is 0 Å². The molecule has 1 aliphatic rings. The van der Waals surface area contributed by atoms with Crippen LogP contribution in [0.4, 0.5) is 0 Å². The normalized spacial score (nSPS) is 15.2. The Kier molecular flexibility index (Phi) is 5.06. The highest BCUT2D eigenvalue weighted by molar-refractivity contribution is 5.94. The van der Waals surface area contributed by atoms with Crippen molar-refractivity contribution in [3.05, 3.63) is 29.6 Å². The molecule has 1 aromatic rings. The number of aromatic carboxylic acids is 1. The van der Waals surface area contributed by atoms with Crippen LogP contribution in [-0.2, 0) is 4.74 Å². The summed E-state index contributed by atoms with van der Waals surface area (Å²) in [5.74, 6) is -1.53. The lowest BCUT2D eigenvalue weighted by Crippen LogP contribution is -2.29. The fraction of sp³-hybridized carbons (Fsp3) is 0.500. The van der Waals surface area contributed by atoms with Gasteiger partial charge in [-0.25, -0.2) is 9.78 Å². The fourth-order valence-electron chi connectivity index (χ4n) is 2.22. The minimum Gasteiger partial charge on any atom is -0.477 e. The van der Waals surface area contributed by atoms with Crippen molar-refractivity contribution in [1.82, 2.24) is 10.3 Å². The SMILES string of the molecule is O=C(O)c1cccc(C(=O)NCCOC2CCCC2)n1. The molecule has 6 heteroatoms. The maximum atomic E-state index is 11.8. The number of nitrogens with one attached hydrogen (secondary N) is 1. The topological polar surface area (TPSA) is 88.5 Å². The van der Waals surface area contributed by atoms with E-state index in [-0.39, 0.29) is 17.3 Å². The fourth-order valence-corrected chi connectivity index (χ4v) is 2.22. The van der Waals surface area contributed by atoms with Gasteiger partial charge in [-0.2, -0.15) is 0 Å². The zero-order valence-corrected chi connectivity index (χ0v) is 11.2. The molecule has 0 radical (unpaired) electrons. The van der Waals surface area contributed by atoms with Crippen LogP contribution < -0.4 is 5.32 Å². The third-order valence-corrected chi connectivity index (χ3v) is 3.24. The van der Waals surface area contributed by atoms with Crippen LogP contribution in [0, 0.1) is 0 Å². The lowest BCUT2D eigenvalue weighted by atomic mass is 10.3. The van der Waals surface area contributed by atoms with Gasteiger partial charge in [0.25, 0.3) is 5.91 Å². The number of nitrogens with zero attached hydrogens (tertiary/aromatic N) is 1. The van der Waals surface area contributed by atoms with Gasteiger partial charge in [-0.3, -0.25) is 4.79 Å². The third-order valence-electron chi connectivity index (χ3n) is 3.24. The van der Waals surface area contributed by atoms with Gasteiger partial charge in [0.05, 0.1) is 12.7 Å². The molecule has 1 amide bonds. The first kappa shape index (κ1) is 14.5. The molecule has 20 heavy (non-hydrogen) atoms. The highest BCUT2D eigenvalue weighted by atomic mass is 16.5. The van der Waals surface area contributed by atoms with Crippen molar-refractivity contribution in [3.8, 4) is 0 Å². The van der Waals surface area contributed by atoms with Gasteiger partial charge in [-0.15, -0.1) is 0 Å². The van der Waals surface area contributed by atoms with Crippen LogP contribution in [0.1, 0.15) is 46.7 Å². The van der Waals surface area contributed by atoms with E-state index in [1.807, 2.05) is 0 Å². The minimum atomic E-state index is -1.15. The molecule has 6 nitrogen and oxygen atoms in total. The van der Waals surface area contributed by atoms with Crippen LogP contribution in [0.5, 0.6) is 0 Å². The highest BCUT2D eigenvalue weighted by Crippen LogP contribution is 2.20. The summed E-state index contributed by atoms with van der Waals surface area (Å²) >= 11 is 0. The van der Waals surface area contributed by atoms with Crippen molar-refractivity contribution >= 4 is 11.9 Å². The second-order valence-corrected chi connectivity index (χ2v) is 4.75. The molecule has 0 saturated heterocycles. The largest absolute Gasteiger partial charge is 0.477 e. The summed E-state index contributed by atoms with van der Waals surface area (Å²) in [6, 6.07) is 4.34. The van der Waals surface area contributed by atoms with Gasteiger partial charge in [0, 0.05) is 6.54 Å². The predicted octanol–water partition coefficient (Wildman–Crippen LogP) is 1.47. The number of hydrogen-bond donors (Lipinski definition) is 2. The number of carbonyl (C=O) groups is 2. The van der Waals surface area contributed by atoms with E-state index in [9.17, 15) is 9.59 Å². The molecule has 0 unspecified atom stereocenters. The molecule has 2 N–H and O–H groups in total. The van der Waals surface area contributed by atoms with Crippen LogP contribution in [0.15, 0.2) is 18.2 Å². The van der Waals surface area contributed by atoms with Crippen molar-refractivity contribution in [2.75, 3.05) is 13.2 Å². The first-order valence-corrected chi connectivity index (χ1v) is 6.77. The van der Waals surface area contributed by atoms with Crippen molar-refractivity contribution in [2.45, 2.75) is 31.8 Å². The van der Waals surface area contributed by atoms with Gasteiger partial charge in [-0.05, 0) is 25.0 Å². The molecule has 0 aliphatic heterocycles. The molecular formula is C14H18N2O4. The molecule has 1 fully saturated rings. The van der Waals surface area contributed by atoms with Gasteiger partial charge in [0.15, 0.2) is 0 Å². The molecule has 2 rings (SSSR count). The zero-order chi connectivity index (χ0) is 14.4. The Morgan fingerprint density at radius 3 is 2.70 bits per heavy atom. The van der Waals surface area contributed by atoms with Crippen molar-refractivity contribution < 1.29 is 19.4 Å². The van der Waals surface area contributed by atoms with E-state index in [0.29, 0.717) is 19.3 Å². The Morgan fingerprint density at radius 2 is 2.00 bits per heavy atom. The monoisotopic (exact) mass is 278 g/mol. The van der Waals surface area contributed by atoms with Crippen LogP contribution in [0.2, 0.25) is 0 Å². The molecule has 0 spiro atoms. The number of hydrogen-bond acceptors (Lipinski definition) is 4. The number of amides is 1. The predicted molar refractivity (Wildman–Crippen MR) is 71.7 cm³/mol. The summed E-state index contributed by atoms with van der Waals surface area (Å²) in [6.07, 6.45) is 4.93. The molecule has 1 heterocycles. The van der Waals surface area contributed by atoms with Gasteiger partial charge in [-0.1, -0.05) is 18.9 Å². The Hall–Kier alpha value is -1.95. The quantitative estimate of drug-likeness (QED) is 0.769. The van der Waals surface area contributed by atoms with Crippen molar-refractivity contribution in [3.63, 3.8) is 0 Å². The molecule has 0 aromatic carbocycles. The van der Waals surface area contributed by atoms with Crippen molar-refractivity contribution in [1.29, 1.82) is 0 Å². The summed E-state index contributed by atoms with van der Waals surface area (Å²) in [5.41, 5.74) is -0.0365. The minimum absolute atomic E-state index is 0.103. The van der Waals surface area contributed by atoms with E-state index >= 15 is 0 Å².